The molecule has 0 atom stereocenters. The molecule has 0 saturated carbocycles. The van der Waals surface area contributed by atoms with Crippen LogP contribution in [0.25, 0.3) is 11.0 Å². The number of piperidine rings is 1. The maximum atomic E-state index is 13.3. The maximum Gasteiger partial charge on any atom is 0.293 e. The van der Waals surface area contributed by atoms with Crippen molar-refractivity contribution in [3.8, 4) is 11.8 Å². The molecule has 8 nitrogen and oxygen atoms in total. The van der Waals surface area contributed by atoms with Crippen LogP contribution in [-0.2, 0) is 13.1 Å². The first kappa shape index (κ1) is 19.7. The molecule has 1 aromatic carbocycles. The van der Waals surface area contributed by atoms with Crippen LogP contribution in [0.2, 0.25) is 0 Å². The number of benzene rings is 1. The molecule has 0 spiro atoms. The Hall–Kier alpha value is -3.60. The van der Waals surface area contributed by atoms with Crippen LogP contribution in [0.15, 0.2) is 35.3 Å². The molecule has 154 valence electrons. The number of hydrogen-bond acceptors (Lipinski definition) is 5. The van der Waals surface area contributed by atoms with Gasteiger partial charge in [-0.2, -0.15) is 5.10 Å². The number of primary amides is 1. The lowest BCUT2D eigenvalue weighted by atomic mass is 10.1. The van der Waals surface area contributed by atoms with Crippen LogP contribution in [0.1, 0.15) is 42.1 Å². The number of nitrogens with two attached hydrogens (primary N) is 1. The Morgan fingerprint density at radius 1 is 1.17 bits per heavy atom. The Bertz CT molecular complexity index is 1190. The van der Waals surface area contributed by atoms with Gasteiger partial charge in [-0.15, -0.1) is 5.92 Å². The molecule has 1 aliphatic rings. The zero-order valence-corrected chi connectivity index (χ0v) is 17.0. The van der Waals surface area contributed by atoms with Crippen molar-refractivity contribution in [2.24, 2.45) is 5.73 Å². The summed E-state index contributed by atoms with van der Waals surface area (Å²) < 4.78 is 3.33. The number of amides is 1. The number of fused-ring (bicyclic) bond motifs is 1. The van der Waals surface area contributed by atoms with Crippen molar-refractivity contribution < 1.29 is 4.79 Å². The van der Waals surface area contributed by atoms with Crippen LogP contribution in [-0.4, -0.2) is 38.3 Å². The maximum absolute atomic E-state index is 13.3. The van der Waals surface area contributed by atoms with Gasteiger partial charge in [0.25, 0.3) is 5.56 Å². The highest BCUT2D eigenvalue weighted by molar-refractivity contribution is 5.92. The van der Waals surface area contributed by atoms with Gasteiger partial charge in [-0.25, -0.2) is 9.67 Å². The molecule has 0 radical (unpaired) electrons. The van der Waals surface area contributed by atoms with Gasteiger partial charge in [-0.05, 0) is 43.9 Å². The lowest BCUT2D eigenvalue weighted by Gasteiger charge is -2.27. The van der Waals surface area contributed by atoms with Gasteiger partial charge >= 0.3 is 0 Å². The monoisotopic (exact) mass is 404 g/mol. The lowest BCUT2D eigenvalue weighted by molar-refractivity contribution is 0.100. The summed E-state index contributed by atoms with van der Waals surface area (Å²) in [7, 11) is 0. The highest BCUT2D eigenvalue weighted by atomic mass is 16.1. The van der Waals surface area contributed by atoms with E-state index in [-0.39, 0.29) is 12.1 Å². The van der Waals surface area contributed by atoms with Crippen LogP contribution in [0.4, 0.5) is 5.95 Å². The summed E-state index contributed by atoms with van der Waals surface area (Å²) in [6.07, 6.45) is 5.09. The normalized spacial score (nSPS) is 13.8. The van der Waals surface area contributed by atoms with Gasteiger partial charge in [0, 0.05) is 18.7 Å². The molecule has 0 aliphatic carbocycles. The van der Waals surface area contributed by atoms with E-state index in [1.165, 1.54) is 11.1 Å². The van der Waals surface area contributed by atoms with E-state index in [9.17, 15) is 9.59 Å². The minimum absolute atomic E-state index is 0.208. The fraction of sp³-hybridized carbons (Fsp3) is 0.364. The third kappa shape index (κ3) is 3.79. The van der Waals surface area contributed by atoms with Crippen molar-refractivity contribution in [3.63, 3.8) is 0 Å². The van der Waals surface area contributed by atoms with Gasteiger partial charge in [-0.1, -0.05) is 18.1 Å². The number of rotatable bonds is 5. The Morgan fingerprint density at radius 2 is 1.90 bits per heavy atom. The minimum atomic E-state index is -0.482. The number of imidazole rings is 1. The van der Waals surface area contributed by atoms with Gasteiger partial charge in [-0.3, -0.25) is 14.2 Å². The van der Waals surface area contributed by atoms with Crippen LogP contribution < -0.4 is 16.2 Å². The van der Waals surface area contributed by atoms with E-state index >= 15 is 0 Å². The van der Waals surface area contributed by atoms with Gasteiger partial charge in [0.15, 0.2) is 0 Å². The van der Waals surface area contributed by atoms with Gasteiger partial charge in [0.2, 0.25) is 11.9 Å². The van der Waals surface area contributed by atoms with E-state index in [2.05, 4.69) is 21.8 Å². The Morgan fingerprint density at radius 3 is 2.57 bits per heavy atom. The second-order valence-electron chi connectivity index (χ2n) is 7.37. The second kappa shape index (κ2) is 8.41. The third-order valence-corrected chi connectivity index (χ3v) is 5.35. The zero-order chi connectivity index (χ0) is 21.1. The first-order valence-electron chi connectivity index (χ1n) is 10.1. The molecule has 30 heavy (non-hydrogen) atoms. The standard InChI is InChI=1S/C22H24N6O2/c1-2-3-13-27-19-18(25-22(27)26-11-5-4-6-12-26)14-24-28(21(19)30)15-16-7-9-17(10-8-16)20(23)29/h7-10,14H,4-6,11-13,15H2,1H3,(H2,23,29). The fourth-order valence-corrected chi connectivity index (χ4v) is 3.78. The van der Waals surface area contributed by atoms with E-state index in [0.717, 1.165) is 37.4 Å². The van der Waals surface area contributed by atoms with Crippen molar-refractivity contribution in [1.82, 2.24) is 19.3 Å². The predicted molar refractivity (Wildman–Crippen MR) is 115 cm³/mol. The number of hydrogen-bond donors (Lipinski definition) is 1. The number of aromatic nitrogens is 4. The van der Waals surface area contributed by atoms with Crippen molar-refractivity contribution in [2.75, 3.05) is 18.0 Å². The summed E-state index contributed by atoms with van der Waals surface area (Å²) in [5.41, 5.74) is 7.46. The van der Waals surface area contributed by atoms with Crippen molar-refractivity contribution in [3.05, 3.63) is 51.9 Å². The summed E-state index contributed by atoms with van der Waals surface area (Å²) in [6.45, 7) is 4.34. The molecule has 3 aromatic rings. The largest absolute Gasteiger partial charge is 0.366 e. The SMILES string of the molecule is CC#CCn1c(N2CCCCC2)nc2cnn(Cc3ccc(C(N)=O)cc3)c(=O)c21. The first-order valence-corrected chi connectivity index (χ1v) is 10.1. The lowest BCUT2D eigenvalue weighted by Crippen LogP contribution is -2.32. The second-order valence-corrected chi connectivity index (χ2v) is 7.37. The molecule has 1 aliphatic heterocycles. The third-order valence-electron chi connectivity index (χ3n) is 5.35. The highest BCUT2D eigenvalue weighted by Crippen LogP contribution is 2.23. The van der Waals surface area contributed by atoms with Crippen molar-refractivity contribution in [2.45, 2.75) is 39.3 Å². The van der Waals surface area contributed by atoms with Crippen LogP contribution in [0.3, 0.4) is 0 Å². The molecule has 1 saturated heterocycles. The zero-order valence-electron chi connectivity index (χ0n) is 17.0. The molecule has 1 amide bonds. The Kier molecular flexibility index (Phi) is 5.53. The molecule has 2 N–H and O–H groups in total. The first-order chi connectivity index (χ1) is 14.6. The molecule has 0 bridgehead atoms. The van der Waals surface area contributed by atoms with Gasteiger partial charge in [0.05, 0.1) is 19.3 Å². The van der Waals surface area contributed by atoms with Gasteiger partial charge < -0.3 is 10.6 Å². The minimum Gasteiger partial charge on any atom is -0.366 e. The Balaban J connectivity index is 1.75. The number of nitrogens with zero attached hydrogens (tertiary/aromatic N) is 5. The molecule has 8 heteroatoms. The van der Waals surface area contributed by atoms with Crippen molar-refractivity contribution in [1.29, 1.82) is 0 Å². The smallest absolute Gasteiger partial charge is 0.293 e. The summed E-state index contributed by atoms with van der Waals surface area (Å²) in [5.74, 6) is 6.28. The number of anilines is 1. The average molecular weight is 404 g/mol. The molecule has 1 fully saturated rings. The summed E-state index contributed by atoms with van der Waals surface area (Å²) >= 11 is 0. The number of carbonyl (C=O) groups excluding carboxylic acids is 1. The van der Waals surface area contributed by atoms with Gasteiger partial charge in [0.1, 0.15) is 11.0 Å². The van der Waals surface area contributed by atoms with E-state index in [1.807, 2.05) is 4.57 Å². The van der Waals surface area contributed by atoms with Crippen molar-refractivity contribution >= 4 is 22.9 Å². The van der Waals surface area contributed by atoms with Crippen LogP contribution >= 0.6 is 0 Å². The molecular weight excluding hydrogens is 380 g/mol. The van der Waals surface area contributed by atoms with E-state index in [0.29, 0.717) is 23.1 Å². The average Bonchev–Trinajstić information content (AvgIpc) is 3.14. The molecule has 4 rings (SSSR count). The quantitative estimate of drug-likeness (QED) is 0.653. The molecule has 0 unspecified atom stereocenters. The van der Waals surface area contributed by atoms with Crippen LogP contribution in [0.5, 0.6) is 0 Å². The highest BCUT2D eigenvalue weighted by Gasteiger charge is 2.21. The summed E-state index contributed by atoms with van der Waals surface area (Å²) in [4.78, 5) is 31.5. The molecular formula is C22H24N6O2. The fourth-order valence-electron chi connectivity index (χ4n) is 3.78. The molecule has 3 heterocycles. The van der Waals surface area contributed by atoms with Crippen LogP contribution in [0, 0.1) is 11.8 Å². The summed E-state index contributed by atoms with van der Waals surface area (Å²) in [6, 6.07) is 6.85. The van der Waals surface area contributed by atoms with E-state index in [4.69, 9.17) is 10.7 Å². The topological polar surface area (TPSA) is 99.0 Å². The summed E-state index contributed by atoms with van der Waals surface area (Å²) in [5, 5.41) is 4.32. The predicted octanol–water partition coefficient (Wildman–Crippen LogP) is 1.75. The molecule has 2 aromatic heterocycles. The van der Waals surface area contributed by atoms with E-state index < -0.39 is 5.91 Å². The van der Waals surface area contributed by atoms with E-state index in [1.54, 1.807) is 37.4 Å². The Labute approximate surface area is 174 Å². The number of carbonyl (C=O) groups is 1.